The van der Waals surface area contributed by atoms with Crippen molar-refractivity contribution in [3.63, 3.8) is 0 Å². The Bertz CT molecular complexity index is 1030. The van der Waals surface area contributed by atoms with Gasteiger partial charge in [-0.3, -0.25) is 9.59 Å². The van der Waals surface area contributed by atoms with Gasteiger partial charge in [0, 0.05) is 0 Å². The minimum atomic E-state index is -4.71. The fourth-order valence-electron chi connectivity index (χ4n) is 2.77. The maximum absolute atomic E-state index is 13.1. The Labute approximate surface area is 152 Å². The molecular formula is C17H13F3N2O4S. The molecule has 1 heterocycles. The van der Waals surface area contributed by atoms with Crippen LogP contribution < -0.4 is 5.32 Å². The van der Waals surface area contributed by atoms with E-state index >= 15 is 0 Å². The van der Waals surface area contributed by atoms with Crippen LogP contribution in [-0.2, 0) is 21.0 Å². The zero-order valence-corrected chi connectivity index (χ0v) is 14.6. The Kier molecular flexibility index (Phi) is 4.46. The van der Waals surface area contributed by atoms with Crippen molar-refractivity contribution in [1.29, 1.82) is 0 Å². The van der Waals surface area contributed by atoms with Crippen molar-refractivity contribution < 1.29 is 31.2 Å². The van der Waals surface area contributed by atoms with Gasteiger partial charge in [-0.25, -0.2) is 12.7 Å². The first-order valence-corrected chi connectivity index (χ1v) is 9.14. The molecule has 0 unspecified atom stereocenters. The fraction of sp³-hybridized carbons (Fsp3) is 0.176. The molecule has 0 aliphatic carbocycles. The number of amides is 2. The van der Waals surface area contributed by atoms with Crippen molar-refractivity contribution in [3.05, 3.63) is 59.7 Å². The van der Waals surface area contributed by atoms with Crippen molar-refractivity contribution in [3.8, 4) is 0 Å². The molecule has 1 aliphatic heterocycles. The second-order valence-corrected chi connectivity index (χ2v) is 7.59. The van der Waals surface area contributed by atoms with Gasteiger partial charge in [0.25, 0.3) is 15.9 Å². The van der Waals surface area contributed by atoms with E-state index in [4.69, 9.17) is 0 Å². The fourth-order valence-corrected chi connectivity index (χ4v) is 4.49. The zero-order valence-electron chi connectivity index (χ0n) is 13.8. The molecule has 2 aromatic rings. The topological polar surface area (TPSA) is 83.6 Å². The van der Waals surface area contributed by atoms with E-state index in [0.29, 0.717) is 4.31 Å². The van der Waals surface area contributed by atoms with Crippen LogP contribution in [0.3, 0.4) is 0 Å². The standard InChI is InChI=1S/C17H13F3N2O4S/c1-10(15(23)21-13-8-4-3-7-12(13)17(18,19)20)22-16(24)11-6-2-5-9-14(11)27(22,25)26/h2-10H,1H3,(H,21,23)/t10-/m1/s1. The summed E-state index contributed by atoms with van der Waals surface area (Å²) in [7, 11) is -4.27. The highest BCUT2D eigenvalue weighted by Crippen LogP contribution is 2.35. The molecule has 0 fully saturated rings. The first kappa shape index (κ1) is 18.9. The van der Waals surface area contributed by atoms with Crippen LogP contribution in [0.4, 0.5) is 18.9 Å². The molecule has 0 bridgehead atoms. The lowest BCUT2D eigenvalue weighted by Gasteiger charge is -2.23. The van der Waals surface area contributed by atoms with Crippen molar-refractivity contribution in [1.82, 2.24) is 4.31 Å². The Morgan fingerprint density at radius 2 is 1.67 bits per heavy atom. The predicted octanol–water partition coefficient (Wildman–Crippen LogP) is 2.88. The van der Waals surface area contributed by atoms with Crippen molar-refractivity contribution in [2.24, 2.45) is 0 Å². The van der Waals surface area contributed by atoms with Crippen LogP contribution in [0.25, 0.3) is 0 Å². The number of halogens is 3. The average molecular weight is 398 g/mol. The average Bonchev–Trinajstić information content (AvgIpc) is 2.80. The number of benzene rings is 2. The van der Waals surface area contributed by atoms with E-state index in [1.54, 1.807) is 0 Å². The molecule has 2 amide bonds. The van der Waals surface area contributed by atoms with Crippen LogP contribution in [0.2, 0.25) is 0 Å². The van der Waals surface area contributed by atoms with Gasteiger partial charge < -0.3 is 5.32 Å². The number of hydrogen-bond acceptors (Lipinski definition) is 4. The van der Waals surface area contributed by atoms with Gasteiger partial charge in [0.05, 0.1) is 16.8 Å². The number of nitrogens with one attached hydrogen (secondary N) is 1. The minimum absolute atomic E-state index is 0.0900. The third-order valence-corrected chi connectivity index (χ3v) is 5.99. The lowest BCUT2D eigenvalue weighted by molar-refractivity contribution is -0.137. The van der Waals surface area contributed by atoms with E-state index in [9.17, 15) is 31.2 Å². The summed E-state index contributed by atoms with van der Waals surface area (Å²) in [4.78, 5) is 24.6. The second-order valence-electron chi connectivity index (χ2n) is 5.81. The van der Waals surface area contributed by atoms with E-state index in [-0.39, 0.29) is 10.5 Å². The van der Waals surface area contributed by atoms with Gasteiger partial charge in [-0.2, -0.15) is 13.2 Å². The van der Waals surface area contributed by atoms with Crippen LogP contribution in [-0.4, -0.2) is 30.6 Å². The summed E-state index contributed by atoms with van der Waals surface area (Å²) in [5, 5.41) is 2.06. The molecule has 0 spiro atoms. The number of fused-ring (bicyclic) bond motifs is 1. The summed E-state index contributed by atoms with van der Waals surface area (Å²) in [5.41, 5.74) is -1.69. The second kappa shape index (κ2) is 6.38. The van der Waals surface area contributed by atoms with Gasteiger partial charge in [-0.15, -0.1) is 0 Å². The highest BCUT2D eigenvalue weighted by Gasteiger charge is 2.46. The number of nitrogens with zero attached hydrogens (tertiary/aromatic N) is 1. The maximum atomic E-state index is 13.1. The van der Waals surface area contributed by atoms with Gasteiger partial charge >= 0.3 is 6.18 Å². The number of rotatable bonds is 3. The monoisotopic (exact) mass is 398 g/mol. The van der Waals surface area contributed by atoms with E-state index in [0.717, 1.165) is 25.1 Å². The largest absolute Gasteiger partial charge is 0.418 e. The predicted molar refractivity (Wildman–Crippen MR) is 89.3 cm³/mol. The highest BCUT2D eigenvalue weighted by atomic mass is 32.2. The normalized spacial score (nSPS) is 16.7. The van der Waals surface area contributed by atoms with E-state index < -0.39 is 45.3 Å². The van der Waals surface area contributed by atoms with Crippen LogP contribution in [0, 0.1) is 0 Å². The summed E-state index contributed by atoms with van der Waals surface area (Å²) >= 11 is 0. The molecule has 0 radical (unpaired) electrons. The van der Waals surface area contributed by atoms with Gasteiger partial charge in [0.2, 0.25) is 5.91 Å². The minimum Gasteiger partial charge on any atom is -0.324 e. The van der Waals surface area contributed by atoms with Gasteiger partial charge in [0.1, 0.15) is 10.9 Å². The number of hydrogen-bond donors (Lipinski definition) is 1. The summed E-state index contributed by atoms with van der Waals surface area (Å²) in [5.74, 6) is -1.96. The zero-order chi connectivity index (χ0) is 20.0. The highest BCUT2D eigenvalue weighted by molar-refractivity contribution is 7.90. The number of alkyl halides is 3. The van der Waals surface area contributed by atoms with E-state index in [1.165, 1.54) is 30.3 Å². The third kappa shape index (κ3) is 3.16. The molecular weight excluding hydrogens is 385 g/mol. The quantitative estimate of drug-likeness (QED) is 0.862. The summed E-state index contributed by atoms with van der Waals surface area (Å²) in [6.45, 7) is 1.13. The molecule has 27 heavy (non-hydrogen) atoms. The molecule has 1 N–H and O–H groups in total. The van der Waals surface area contributed by atoms with Gasteiger partial charge in [-0.1, -0.05) is 24.3 Å². The first-order chi connectivity index (χ1) is 12.5. The van der Waals surface area contributed by atoms with E-state index in [1.807, 2.05) is 0 Å². The third-order valence-electron chi connectivity index (χ3n) is 4.08. The van der Waals surface area contributed by atoms with Crippen molar-refractivity contribution >= 4 is 27.5 Å². The smallest absolute Gasteiger partial charge is 0.324 e. The number of sulfonamides is 1. The van der Waals surface area contributed by atoms with Crippen LogP contribution in [0.15, 0.2) is 53.4 Å². The molecule has 3 rings (SSSR count). The Hall–Kier alpha value is -2.88. The number of anilines is 1. The van der Waals surface area contributed by atoms with Crippen LogP contribution >= 0.6 is 0 Å². The summed E-state index contributed by atoms with van der Waals surface area (Å²) in [6.07, 6.45) is -4.71. The molecule has 1 atom stereocenters. The molecule has 0 saturated carbocycles. The molecule has 0 saturated heterocycles. The van der Waals surface area contributed by atoms with E-state index in [2.05, 4.69) is 5.32 Å². The van der Waals surface area contributed by atoms with Gasteiger partial charge in [-0.05, 0) is 31.2 Å². The van der Waals surface area contributed by atoms with Crippen molar-refractivity contribution in [2.75, 3.05) is 5.32 Å². The number of carbonyl (C=O) groups is 2. The Morgan fingerprint density at radius 3 is 2.30 bits per heavy atom. The molecule has 1 aliphatic rings. The lowest BCUT2D eigenvalue weighted by Crippen LogP contribution is -2.45. The van der Waals surface area contributed by atoms with Crippen LogP contribution in [0.5, 0.6) is 0 Å². The van der Waals surface area contributed by atoms with Gasteiger partial charge in [0.15, 0.2) is 0 Å². The maximum Gasteiger partial charge on any atom is 0.418 e. The number of carbonyl (C=O) groups excluding carboxylic acids is 2. The Morgan fingerprint density at radius 1 is 1.07 bits per heavy atom. The molecule has 2 aromatic carbocycles. The lowest BCUT2D eigenvalue weighted by atomic mass is 10.1. The van der Waals surface area contributed by atoms with Crippen LogP contribution in [0.1, 0.15) is 22.8 Å². The Balaban J connectivity index is 1.91. The molecule has 10 heteroatoms. The summed E-state index contributed by atoms with van der Waals surface area (Å²) < 4.78 is 64.7. The number of para-hydroxylation sites is 1. The molecule has 6 nitrogen and oxygen atoms in total. The summed E-state index contributed by atoms with van der Waals surface area (Å²) in [6, 6.07) is 8.17. The molecule has 0 aromatic heterocycles. The SMILES string of the molecule is C[C@H](C(=O)Nc1ccccc1C(F)(F)F)N1C(=O)c2ccccc2S1(=O)=O. The first-order valence-electron chi connectivity index (χ1n) is 7.70. The van der Waals surface area contributed by atoms with Crippen molar-refractivity contribution in [2.45, 2.75) is 24.0 Å². The molecule has 142 valence electrons.